The molecule has 0 spiro atoms. The second-order valence-corrected chi connectivity index (χ2v) is 16.9. The lowest BCUT2D eigenvalue weighted by Crippen LogP contribution is -2.14. The van der Waals surface area contributed by atoms with Gasteiger partial charge in [0, 0.05) is 38.6 Å². The minimum atomic E-state index is -0.0570. The maximum absolute atomic E-state index is 6.70. The first-order valence-corrected chi connectivity index (χ1v) is 21.2. The van der Waals surface area contributed by atoms with Gasteiger partial charge in [-0.25, -0.2) is 0 Å². The highest BCUT2D eigenvalue weighted by Crippen LogP contribution is 2.50. The third-order valence-corrected chi connectivity index (χ3v) is 13.1. The van der Waals surface area contributed by atoms with Crippen molar-refractivity contribution in [3.8, 4) is 44.5 Å². The lowest BCUT2D eigenvalue weighted by Gasteiger charge is -2.26. The number of hydrogen-bond acceptors (Lipinski definition) is 2. The Balaban J connectivity index is 0.938. The molecule has 61 heavy (non-hydrogen) atoms. The van der Waals surface area contributed by atoms with Crippen molar-refractivity contribution in [2.75, 3.05) is 4.90 Å². The molecule has 1 aromatic heterocycles. The summed E-state index contributed by atoms with van der Waals surface area (Å²) in [6.07, 6.45) is 0. The quantitative estimate of drug-likeness (QED) is 0.167. The minimum Gasteiger partial charge on any atom is -0.455 e. The molecular formula is C59H41NO. The van der Waals surface area contributed by atoms with Crippen molar-refractivity contribution < 1.29 is 4.42 Å². The van der Waals surface area contributed by atoms with Crippen LogP contribution in [0, 0.1) is 0 Å². The van der Waals surface area contributed by atoms with E-state index in [9.17, 15) is 0 Å². The van der Waals surface area contributed by atoms with Crippen LogP contribution in [0.4, 0.5) is 17.1 Å². The molecule has 11 aromatic rings. The zero-order valence-corrected chi connectivity index (χ0v) is 34.1. The number of anilines is 3. The SMILES string of the molecule is CC1(C)c2ccccc2-c2ccc(-c3ccc4oc5c6ccccc6c(-c6ccc(N(c7ccccc7)c7ccc(-c8cccc9ccccc89)cc7)cc6)cc5c4c3)cc21. The average Bonchev–Trinajstić information content (AvgIpc) is 3.80. The van der Waals surface area contributed by atoms with Gasteiger partial charge in [-0.3, -0.25) is 0 Å². The molecule has 0 saturated heterocycles. The van der Waals surface area contributed by atoms with E-state index in [4.69, 9.17) is 4.42 Å². The van der Waals surface area contributed by atoms with E-state index in [1.807, 2.05) is 0 Å². The molecule has 0 bridgehead atoms. The Morgan fingerprint density at radius 1 is 0.344 bits per heavy atom. The fourth-order valence-electron chi connectivity index (χ4n) is 9.98. The van der Waals surface area contributed by atoms with Gasteiger partial charge in [0.15, 0.2) is 0 Å². The molecule has 0 fully saturated rings. The Morgan fingerprint density at radius 3 is 1.69 bits per heavy atom. The molecule has 1 aliphatic rings. The van der Waals surface area contributed by atoms with E-state index in [0.717, 1.165) is 50.0 Å². The topological polar surface area (TPSA) is 16.4 Å². The summed E-state index contributed by atoms with van der Waals surface area (Å²) in [5.41, 5.74) is 17.7. The van der Waals surface area contributed by atoms with Crippen molar-refractivity contribution in [3.05, 3.63) is 223 Å². The van der Waals surface area contributed by atoms with Crippen LogP contribution in [0.1, 0.15) is 25.0 Å². The van der Waals surface area contributed by atoms with Crippen molar-refractivity contribution in [1.29, 1.82) is 0 Å². The Labute approximate surface area is 355 Å². The van der Waals surface area contributed by atoms with Crippen molar-refractivity contribution in [3.63, 3.8) is 0 Å². The molecule has 12 rings (SSSR count). The highest BCUT2D eigenvalue weighted by Gasteiger charge is 2.35. The number of nitrogens with zero attached hydrogens (tertiary/aromatic N) is 1. The van der Waals surface area contributed by atoms with E-state index in [0.29, 0.717) is 0 Å². The van der Waals surface area contributed by atoms with E-state index < -0.39 is 0 Å². The second-order valence-electron chi connectivity index (χ2n) is 16.9. The fraction of sp³-hybridized carbons (Fsp3) is 0.0508. The van der Waals surface area contributed by atoms with Crippen LogP contribution in [0.15, 0.2) is 217 Å². The Hall–Kier alpha value is -7.68. The molecule has 2 heteroatoms. The highest BCUT2D eigenvalue weighted by atomic mass is 16.3. The summed E-state index contributed by atoms with van der Waals surface area (Å²) >= 11 is 0. The summed E-state index contributed by atoms with van der Waals surface area (Å²) < 4.78 is 6.70. The number of benzene rings is 10. The van der Waals surface area contributed by atoms with Gasteiger partial charge in [0.25, 0.3) is 0 Å². The Kier molecular flexibility index (Phi) is 7.92. The van der Waals surface area contributed by atoms with Gasteiger partial charge in [0.05, 0.1) is 0 Å². The van der Waals surface area contributed by atoms with E-state index >= 15 is 0 Å². The van der Waals surface area contributed by atoms with E-state index in [-0.39, 0.29) is 5.41 Å². The molecule has 0 saturated carbocycles. The van der Waals surface area contributed by atoms with Crippen molar-refractivity contribution in [1.82, 2.24) is 0 Å². The van der Waals surface area contributed by atoms with Gasteiger partial charge in [0.1, 0.15) is 11.2 Å². The fourth-order valence-corrected chi connectivity index (χ4v) is 9.98. The highest BCUT2D eigenvalue weighted by molar-refractivity contribution is 6.19. The molecule has 0 N–H and O–H groups in total. The van der Waals surface area contributed by atoms with E-state index in [1.165, 1.54) is 66.2 Å². The maximum Gasteiger partial charge on any atom is 0.143 e. The van der Waals surface area contributed by atoms with Gasteiger partial charge in [-0.1, -0.05) is 166 Å². The van der Waals surface area contributed by atoms with E-state index in [1.54, 1.807) is 0 Å². The molecule has 0 aliphatic heterocycles. The third kappa shape index (κ3) is 5.64. The van der Waals surface area contributed by atoms with Crippen LogP contribution in [0.25, 0.3) is 88.0 Å². The van der Waals surface area contributed by atoms with Crippen LogP contribution in [0.3, 0.4) is 0 Å². The van der Waals surface area contributed by atoms with Crippen molar-refractivity contribution in [2.45, 2.75) is 19.3 Å². The van der Waals surface area contributed by atoms with Crippen LogP contribution in [-0.2, 0) is 5.41 Å². The lowest BCUT2D eigenvalue weighted by molar-refractivity contribution is 0.660. The number of furan rings is 1. The molecular weight excluding hydrogens is 739 g/mol. The molecule has 10 aromatic carbocycles. The van der Waals surface area contributed by atoms with Gasteiger partial charge in [-0.2, -0.15) is 0 Å². The predicted molar refractivity (Wildman–Crippen MR) is 257 cm³/mol. The van der Waals surface area contributed by atoms with Crippen molar-refractivity contribution in [2.24, 2.45) is 0 Å². The largest absolute Gasteiger partial charge is 0.455 e. The second kappa shape index (κ2) is 13.7. The molecule has 0 amide bonds. The zero-order valence-electron chi connectivity index (χ0n) is 34.1. The average molecular weight is 780 g/mol. The summed E-state index contributed by atoms with van der Waals surface area (Å²) in [4.78, 5) is 2.34. The number of hydrogen-bond donors (Lipinski definition) is 0. The lowest BCUT2D eigenvalue weighted by atomic mass is 9.81. The molecule has 0 radical (unpaired) electrons. The first-order chi connectivity index (χ1) is 30.0. The first-order valence-electron chi connectivity index (χ1n) is 21.2. The van der Waals surface area contributed by atoms with Gasteiger partial charge < -0.3 is 9.32 Å². The van der Waals surface area contributed by atoms with Gasteiger partial charge in [-0.05, 0) is 132 Å². The molecule has 1 aliphatic carbocycles. The number of fused-ring (bicyclic) bond motifs is 9. The summed E-state index contributed by atoms with van der Waals surface area (Å²) in [6, 6.07) is 77.3. The molecule has 0 atom stereocenters. The molecule has 2 nitrogen and oxygen atoms in total. The Bertz CT molecular complexity index is 3480. The van der Waals surface area contributed by atoms with Crippen molar-refractivity contribution >= 4 is 60.5 Å². The smallest absolute Gasteiger partial charge is 0.143 e. The first kappa shape index (κ1) is 35.3. The normalized spacial score (nSPS) is 12.9. The monoisotopic (exact) mass is 779 g/mol. The van der Waals surface area contributed by atoms with Crippen LogP contribution < -0.4 is 4.90 Å². The standard InChI is InChI=1S/C59H41NO/c1-59(2)55-22-11-10-19-49(55)50-33-27-42(36-56(50)59)41-28-34-57-53(35-41)54-37-52(48-18-8-9-20-51(48)58(54)61-57)40-25-31-45(32-26-40)60(43-15-4-3-5-16-43)44-29-23-39(24-30-44)47-21-12-14-38-13-6-7-17-46(38)47/h3-37H,1-2H3. The molecule has 0 unspecified atom stereocenters. The van der Waals surface area contributed by atoms with Gasteiger partial charge in [-0.15, -0.1) is 0 Å². The van der Waals surface area contributed by atoms with E-state index in [2.05, 4.69) is 231 Å². The van der Waals surface area contributed by atoms with Crippen LogP contribution in [0.5, 0.6) is 0 Å². The summed E-state index contributed by atoms with van der Waals surface area (Å²) in [5, 5.41) is 7.05. The zero-order chi connectivity index (χ0) is 40.7. The van der Waals surface area contributed by atoms with Crippen LogP contribution in [0.2, 0.25) is 0 Å². The number of rotatable bonds is 6. The van der Waals surface area contributed by atoms with Crippen LogP contribution in [-0.4, -0.2) is 0 Å². The number of para-hydroxylation sites is 1. The summed E-state index contributed by atoms with van der Waals surface area (Å²) in [5.74, 6) is 0. The molecule has 288 valence electrons. The van der Waals surface area contributed by atoms with Gasteiger partial charge >= 0.3 is 0 Å². The summed E-state index contributed by atoms with van der Waals surface area (Å²) in [6.45, 7) is 4.69. The minimum absolute atomic E-state index is 0.0570. The van der Waals surface area contributed by atoms with Crippen LogP contribution >= 0.6 is 0 Å². The van der Waals surface area contributed by atoms with Gasteiger partial charge in [0.2, 0.25) is 0 Å². The molecule has 1 heterocycles. The summed E-state index contributed by atoms with van der Waals surface area (Å²) in [7, 11) is 0. The Morgan fingerprint density at radius 2 is 0.902 bits per heavy atom. The third-order valence-electron chi connectivity index (χ3n) is 13.1. The maximum atomic E-state index is 6.70. The predicted octanol–water partition coefficient (Wildman–Crippen LogP) is 16.7.